The zero-order chi connectivity index (χ0) is 21.4. The van der Waals surface area contributed by atoms with Gasteiger partial charge < -0.3 is 19.7 Å². The van der Waals surface area contributed by atoms with Crippen LogP contribution in [0.15, 0.2) is 48.5 Å². The van der Waals surface area contributed by atoms with E-state index in [1.165, 1.54) is 5.56 Å². The van der Waals surface area contributed by atoms with Crippen molar-refractivity contribution in [3.05, 3.63) is 59.7 Å². The van der Waals surface area contributed by atoms with Gasteiger partial charge in [0.2, 0.25) is 5.91 Å². The number of anilines is 1. The fraction of sp³-hybridized carbons (Fsp3) is 0.480. The molecule has 1 fully saturated rings. The Balaban J connectivity index is 1.65. The standard InChI is InChI=1S/C25H34N2O3/c1-4-27(5-2)16-19-30-23-12-10-22(11-13-23)26-24(28)25(14-17-29-18-15-25)21-8-6-20(3)7-9-21/h6-13H,4-5,14-19H2,1-3H3,(H,26,28). The average molecular weight is 411 g/mol. The van der Waals surface area contributed by atoms with Crippen LogP contribution in [0.2, 0.25) is 0 Å². The van der Waals surface area contributed by atoms with Crippen molar-refractivity contribution in [2.45, 2.75) is 39.0 Å². The van der Waals surface area contributed by atoms with Gasteiger partial charge in [-0.2, -0.15) is 0 Å². The summed E-state index contributed by atoms with van der Waals surface area (Å²) in [7, 11) is 0. The number of rotatable bonds is 9. The van der Waals surface area contributed by atoms with Crippen LogP contribution >= 0.6 is 0 Å². The molecule has 0 aliphatic carbocycles. The molecule has 1 aliphatic heterocycles. The Labute approximate surface area is 180 Å². The van der Waals surface area contributed by atoms with Crippen LogP contribution in [0.3, 0.4) is 0 Å². The number of hydrogen-bond acceptors (Lipinski definition) is 4. The molecule has 0 aromatic heterocycles. The lowest BCUT2D eigenvalue weighted by atomic mass is 9.73. The Morgan fingerprint density at radius 1 is 1.03 bits per heavy atom. The molecule has 30 heavy (non-hydrogen) atoms. The van der Waals surface area contributed by atoms with E-state index in [4.69, 9.17) is 9.47 Å². The molecule has 1 amide bonds. The van der Waals surface area contributed by atoms with Crippen molar-refractivity contribution in [3.63, 3.8) is 0 Å². The van der Waals surface area contributed by atoms with Crippen LogP contribution in [0.1, 0.15) is 37.8 Å². The van der Waals surface area contributed by atoms with Crippen molar-refractivity contribution in [2.75, 3.05) is 44.8 Å². The van der Waals surface area contributed by atoms with E-state index in [-0.39, 0.29) is 5.91 Å². The molecule has 0 atom stereocenters. The second kappa shape index (κ2) is 10.6. The van der Waals surface area contributed by atoms with E-state index in [0.717, 1.165) is 36.6 Å². The summed E-state index contributed by atoms with van der Waals surface area (Å²) in [6.45, 7) is 11.2. The van der Waals surface area contributed by atoms with Gasteiger partial charge in [0.15, 0.2) is 0 Å². The Morgan fingerprint density at radius 2 is 1.67 bits per heavy atom. The molecular formula is C25H34N2O3. The molecule has 0 unspecified atom stereocenters. The van der Waals surface area contributed by atoms with E-state index in [1.807, 2.05) is 24.3 Å². The van der Waals surface area contributed by atoms with Crippen molar-refractivity contribution in [3.8, 4) is 5.75 Å². The minimum Gasteiger partial charge on any atom is -0.492 e. The zero-order valence-electron chi connectivity index (χ0n) is 18.4. The minimum atomic E-state index is -0.551. The van der Waals surface area contributed by atoms with Gasteiger partial charge in [-0.3, -0.25) is 4.79 Å². The van der Waals surface area contributed by atoms with Gasteiger partial charge in [0.05, 0.1) is 5.41 Å². The maximum Gasteiger partial charge on any atom is 0.235 e. The monoisotopic (exact) mass is 410 g/mol. The quantitative estimate of drug-likeness (QED) is 0.666. The highest BCUT2D eigenvalue weighted by Gasteiger charge is 2.41. The summed E-state index contributed by atoms with van der Waals surface area (Å²) < 4.78 is 11.4. The van der Waals surface area contributed by atoms with E-state index in [9.17, 15) is 4.79 Å². The van der Waals surface area contributed by atoms with E-state index in [0.29, 0.717) is 32.7 Å². The molecule has 2 aromatic carbocycles. The third-order valence-corrected chi connectivity index (χ3v) is 6.07. The summed E-state index contributed by atoms with van der Waals surface area (Å²) in [6, 6.07) is 16.0. The first-order valence-corrected chi connectivity index (χ1v) is 11.0. The SMILES string of the molecule is CCN(CC)CCOc1ccc(NC(=O)C2(c3ccc(C)cc3)CCOCC2)cc1. The van der Waals surface area contributed by atoms with E-state index >= 15 is 0 Å². The Kier molecular flexibility index (Phi) is 7.88. The number of amides is 1. The fourth-order valence-electron chi connectivity index (χ4n) is 3.96. The van der Waals surface area contributed by atoms with Gasteiger partial charge >= 0.3 is 0 Å². The summed E-state index contributed by atoms with van der Waals surface area (Å²) in [6.07, 6.45) is 1.38. The molecule has 2 aromatic rings. The molecule has 1 N–H and O–H groups in total. The minimum absolute atomic E-state index is 0.0323. The Bertz CT molecular complexity index is 792. The van der Waals surface area contributed by atoms with Gasteiger partial charge in [-0.15, -0.1) is 0 Å². The molecule has 0 radical (unpaired) electrons. The highest BCUT2D eigenvalue weighted by atomic mass is 16.5. The lowest BCUT2D eigenvalue weighted by Gasteiger charge is -2.36. The number of nitrogens with one attached hydrogen (secondary N) is 1. The van der Waals surface area contributed by atoms with Crippen LogP contribution in [0.25, 0.3) is 0 Å². The van der Waals surface area contributed by atoms with Crippen LogP contribution < -0.4 is 10.1 Å². The van der Waals surface area contributed by atoms with Crippen LogP contribution in [-0.4, -0.2) is 50.3 Å². The molecule has 1 heterocycles. The molecule has 1 saturated heterocycles. The van der Waals surface area contributed by atoms with E-state index < -0.39 is 5.41 Å². The van der Waals surface area contributed by atoms with E-state index in [1.54, 1.807) is 0 Å². The number of likely N-dealkylation sites (N-methyl/N-ethyl adjacent to an activating group) is 1. The Hall–Kier alpha value is -2.37. The molecule has 0 bridgehead atoms. The number of nitrogens with zero attached hydrogens (tertiary/aromatic N) is 1. The molecule has 5 nitrogen and oxygen atoms in total. The summed E-state index contributed by atoms with van der Waals surface area (Å²) in [4.78, 5) is 15.7. The molecule has 0 spiro atoms. The highest BCUT2D eigenvalue weighted by molar-refractivity contribution is 5.99. The zero-order valence-corrected chi connectivity index (χ0v) is 18.4. The molecule has 162 valence electrons. The van der Waals surface area contributed by atoms with Gasteiger partial charge in [0.25, 0.3) is 0 Å². The summed E-state index contributed by atoms with van der Waals surface area (Å²) in [5.74, 6) is 0.851. The summed E-state index contributed by atoms with van der Waals surface area (Å²) >= 11 is 0. The third-order valence-electron chi connectivity index (χ3n) is 6.07. The first-order chi connectivity index (χ1) is 14.6. The molecular weight excluding hydrogens is 376 g/mol. The second-order valence-corrected chi connectivity index (χ2v) is 7.91. The van der Waals surface area contributed by atoms with Crippen molar-refractivity contribution in [2.24, 2.45) is 0 Å². The number of ether oxygens (including phenoxy) is 2. The van der Waals surface area contributed by atoms with Gasteiger partial charge in [0, 0.05) is 25.4 Å². The van der Waals surface area contributed by atoms with Crippen molar-refractivity contribution >= 4 is 11.6 Å². The van der Waals surface area contributed by atoms with Crippen LogP contribution in [0.4, 0.5) is 5.69 Å². The van der Waals surface area contributed by atoms with Crippen molar-refractivity contribution in [1.82, 2.24) is 4.90 Å². The average Bonchev–Trinajstić information content (AvgIpc) is 2.79. The van der Waals surface area contributed by atoms with Gasteiger partial charge in [-0.05, 0) is 62.7 Å². The lowest BCUT2D eigenvalue weighted by molar-refractivity contribution is -0.125. The predicted octanol–water partition coefficient (Wildman–Crippen LogP) is 4.40. The summed E-state index contributed by atoms with van der Waals surface area (Å²) in [5.41, 5.74) is 2.49. The molecule has 0 saturated carbocycles. The van der Waals surface area contributed by atoms with E-state index in [2.05, 4.69) is 55.3 Å². The topological polar surface area (TPSA) is 50.8 Å². The summed E-state index contributed by atoms with van der Waals surface area (Å²) in [5, 5.41) is 3.13. The highest BCUT2D eigenvalue weighted by Crippen LogP contribution is 2.36. The first kappa shape index (κ1) is 22.3. The van der Waals surface area contributed by atoms with Crippen molar-refractivity contribution in [1.29, 1.82) is 0 Å². The smallest absolute Gasteiger partial charge is 0.235 e. The van der Waals surface area contributed by atoms with Gasteiger partial charge in [-0.1, -0.05) is 43.7 Å². The third kappa shape index (κ3) is 5.41. The Morgan fingerprint density at radius 3 is 2.27 bits per heavy atom. The van der Waals surface area contributed by atoms with Gasteiger partial charge in [-0.25, -0.2) is 0 Å². The normalized spacial score (nSPS) is 15.7. The molecule has 5 heteroatoms. The molecule has 1 aliphatic rings. The fourth-order valence-corrected chi connectivity index (χ4v) is 3.96. The van der Waals surface area contributed by atoms with Crippen LogP contribution in [0.5, 0.6) is 5.75 Å². The maximum atomic E-state index is 13.4. The second-order valence-electron chi connectivity index (χ2n) is 7.91. The van der Waals surface area contributed by atoms with Gasteiger partial charge in [0.1, 0.15) is 12.4 Å². The maximum absolute atomic E-state index is 13.4. The lowest BCUT2D eigenvalue weighted by Crippen LogP contribution is -2.44. The predicted molar refractivity (Wildman–Crippen MR) is 121 cm³/mol. The number of aryl methyl sites for hydroxylation is 1. The number of hydrogen-bond donors (Lipinski definition) is 1. The number of carbonyl (C=O) groups excluding carboxylic acids is 1. The number of carbonyl (C=O) groups is 1. The van der Waals surface area contributed by atoms with Crippen molar-refractivity contribution < 1.29 is 14.3 Å². The molecule has 3 rings (SSSR count). The first-order valence-electron chi connectivity index (χ1n) is 11.0. The van der Waals surface area contributed by atoms with Crippen LogP contribution in [-0.2, 0) is 14.9 Å². The number of benzene rings is 2. The van der Waals surface area contributed by atoms with Crippen LogP contribution in [0, 0.1) is 6.92 Å². The largest absolute Gasteiger partial charge is 0.492 e.